The molecule has 0 radical (unpaired) electrons. The number of aromatic nitrogens is 6. The number of pyridine rings is 6. The fourth-order valence-electron chi connectivity index (χ4n) is 10.5. The minimum absolute atomic E-state index is 0.00256. The molecule has 11 rings (SSSR count). The maximum Gasteiger partial charge on any atom is 0.413 e. The minimum atomic E-state index is -0.685. The predicted molar refractivity (Wildman–Crippen MR) is 426 cm³/mol. The fourth-order valence-corrected chi connectivity index (χ4v) is 11.4. The summed E-state index contributed by atoms with van der Waals surface area (Å²) in [5.41, 5.74) is 7.75. The lowest BCUT2D eigenvalue weighted by Gasteiger charge is -2.45. The summed E-state index contributed by atoms with van der Waals surface area (Å²) >= 11 is 26.4. The number of likely N-dealkylation sites (tertiary alicyclic amines) is 2. The molecular weight excluding hydrogens is 1580 g/mol. The average molecular weight is 1670 g/mol. The van der Waals surface area contributed by atoms with Crippen LogP contribution >= 0.6 is 62.3 Å². The molecule has 3 aromatic carbocycles. The van der Waals surface area contributed by atoms with Gasteiger partial charge in [0, 0.05) is 85.7 Å². The molecule has 2 fully saturated rings. The lowest BCUT2D eigenvalue weighted by Crippen LogP contribution is -2.56. The quantitative estimate of drug-likeness (QED) is 0.0189. The Labute approximate surface area is 667 Å². The minimum Gasteiger partial charge on any atom is -0.496 e. The van der Waals surface area contributed by atoms with Gasteiger partial charge >= 0.3 is 12.1 Å². The number of carbonyl (C=O) groups is 9. The van der Waals surface area contributed by atoms with Crippen LogP contribution in [0.3, 0.4) is 0 Å². The van der Waals surface area contributed by atoms with Crippen molar-refractivity contribution < 1.29 is 66.8 Å². The van der Waals surface area contributed by atoms with Crippen molar-refractivity contribution in [2.75, 3.05) is 71.0 Å². The van der Waals surface area contributed by atoms with Gasteiger partial charge in [0.2, 0.25) is 17.7 Å². The highest BCUT2D eigenvalue weighted by atomic mass is 79.9. The number of fused-ring (bicyclic) bond motifs is 2. The van der Waals surface area contributed by atoms with Gasteiger partial charge < -0.3 is 60.2 Å². The molecule has 0 unspecified atom stereocenters. The van der Waals surface area contributed by atoms with E-state index in [9.17, 15) is 52.7 Å². The van der Waals surface area contributed by atoms with Crippen LogP contribution in [0.15, 0.2) is 144 Å². The summed E-state index contributed by atoms with van der Waals surface area (Å²) in [5.74, 6) is -0.196. The first-order valence-corrected chi connectivity index (χ1v) is 36.4. The molecule has 2 saturated heterocycles. The lowest BCUT2D eigenvalue weighted by molar-refractivity contribution is -0.144. The topological polar surface area (TPSA) is 387 Å². The standard InChI is InChI=1S/C24H25ClN4O4.C17H14ClN3O3.C11H13ClN2O3.C11H12ClNO3.C7H12BrNO.C7H8N2O2/c1-24(2)13-28(14-24)20(30)12-29-21-17(19(33-3)8-9-26-21)10-18(23(29)32)22(31)27-11-15-4-6-16(25)7-5-15;1-24-14-6-7-19-15-12(14)8-13(17(23)21-15)16(22)20-9-10-2-4-11(18)5-3-10;1-11(2,3)17-10(16)14-9-7(6-15)8(12)4-5-13-9;1-16-11(15)6-10(14)13-7-8-2-4-9(12)5-3-8;1-7(2)4-9(5-7)6(10)3-8;1-11-6-2-3-9-7(8)5(6)4-10/h4-10H,11-14H2,1-3H3,(H,27,31);2-8H,9H2,1H3,(H,20,22)(H,19,21,23);4-6H,1-3H3,(H,13,14,16);2-5H,6-7H2,1H3,(H,13,14);3-5H2,1-2H3;2-4H,1H3,(H2,8,9). The molecule has 0 bridgehead atoms. The first kappa shape index (κ1) is 88.8. The molecule has 7 N–H and O–H groups in total. The van der Waals surface area contributed by atoms with Crippen LogP contribution in [0.2, 0.25) is 20.1 Å². The molecule has 8 heterocycles. The van der Waals surface area contributed by atoms with Gasteiger partial charge in [0.1, 0.15) is 69.9 Å². The third kappa shape index (κ3) is 27.2. The third-order valence-electron chi connectivity index (χ3n) is 15.8. The molecule has 29 nitrogen and oxygen atoms in total. The normalized spacial score (nSPS) is 12.6. The Hall–Kier alpha value is -11.1. The number of H-pyrrole nitrogens is 1. The number of hydrogen-bond donors (Lipinski definition) is 6. The second-order valence-electron chi connectivity index (χ2n) is 27.0. The Morgan fingerprint density at radius 1 is 0.586 bits per heavy atom. The monoisotopic (exact) mass is 1670 g/mol. The summed E-state index contributed by atoms with van der Waals surface area (Å²) in [5, 5.41) is 14.0. The van der Waals surface area contributed by atoms with E-state index in [2.05, 4.69) is 94.5 Å². The van der Waals surface area contributed by atoms with Gasteiger partial charge in [0.05, 0.1) is 60.7 Å². The molecule has 6 amide bonds. The molecule has 0 atom stereocenters. The zero-order valence-corrected chi connectivity index (χ0v) is 67.2. The van der Waals surface area contributed by atoms with Gasteiger partial charge in [-0.1, -0.05) is 126 Å². The number of rotatable bonds is 19. The summed E-state index contributed by atoms with van der Waals surface area (Å²) in [7, 11) is 5.73. The Morgan fingerprint density at radius 3 is 1.50 bits per heavy atom. The summed E-state index contributed by atoms with van der Waals surface area (Å²) in [6.07, 6.45) is 6.12. The first-order valence-electron chi connectivity index (χ1n) is 33.8. The average Bonchev–Trinajstić information content (AvgIpc) is 0.765. The van der Waals surface area contributed by atoms with E-state index < -0.39 is 40.6 Å². The number of nitrogens with two attached hydrogens (primary N) is 1. The number of hydrogen-bond acceptors (Lipinski definition) is 21. The number of amides is 6. The predicted octanol–water partition coefficient (Wildman–Crippen LogP) is 11.5. The van der Waals surface area contributed by atoms with Crippen molar-refractivity contribution in [2.24, 2.45) is 10.8 Å². The van der Waals surface area contributed by atoms with Gasteiger partial charge in [-0.15, -0.1) is 0 Å². The van der Waals surface area contributed by atoms with Crippen LogP contribution < -0.4 is 52.3 Å². The number of ether oxygens (including phenoxy) is 5. The molecule has 6 aromatic heterocycles. The van der Waals surface area contributed by atoms with Crippen molar-refractivity contribution in [1.29, 1.82) is 0 Å². The number of halogens is 5. The number of aromatic amines is 1. The molecular formula is C77H84BrCl4N13O16. The van der Waals surface area contributed by atoms with E-state index in [-0.39, 0.29) is 82.5 Å². The number of alkyl halides is 1. The van der Waals surface area contributed by atoms with Crippen LogP contribution in [-0.2, 0) is 54.8 Å². The molecule has 111 heavy (non-hydrogen) atoms. The van der Waals surface area contributed by atoms with Crippen LogP contribution in [0.1, 0.15) is 113 Å². The van der Waals surface area contributed by atoms with Crippen molar-refractivity contribution in [1.82, 2.24) is 55.2 Å². The van der Waals surface area contributed by atoms with Crippen molar-refractivity contribution in [2.45, 2.75) is 86.7 Å². The van der Waals surface area contributed by atoms with E-state index >= 15 is 0 Å². The largest absolute Gasteiger partial charge is 0.496 e. The van der Waals surface area contributed by atoms with Crippen molar-refractivity contribution in [3.8, 4) is 17.2 Å². The smallest absolute Gasteiger partial charge is 0.413 e. The van der Waals surface area contributed by atoms with Crippen LogP contribution in [-0.4, -0.2) is 159 Å². The third-order valence-corrected chi connectivity index (χ3v) is 17.4. The number of aldehydes is 2. The number of methoxy groups -OCH3 is 4. The highest BCUT2D eigenvalue weighted by Crippen LogP contribution is 2.31. The van der Waals surface area contributed by atoms with Gasteiger partial charge in [-0.2, -0.15) is 0 Å². The number of nitrogens with one attached hydrogen (secondary N) is 5. The number of benzene rings is 3. The second kappa shape index (κ2) is 41.7. The van der Waals surface area contributed by atoms with Gasteiger partial charge in [-0.05, 0) is 121 Å². The number of anilines is 2. The summed E-state index contributed by atoms with van der Waals surface area (Å²) in [6.45, 7) is 17.5. The summed E-state index contributed by atoms with van der Waals surface area (Å²) < 4.78 is 26.2. The number of nitrogen functional groups attached to an aromatic ring is 1. The molecule has 0 saturated carbocycles. The SMILES string of the molecule is CC(C)(C)OC(=O)Nc1nccc(Cl)c1C=O.CC1(C)CN(C(=O)CBr)C1.COC(=O)CC(=O)NCc1ccc(Cl)cc1.COc1ccnc(N)c1C=O.COc1ccnc2[nH]c(=O)c(C(=O)NCc3ccc(Cl)cc3)cc12.COc1ccnc2c1cc(C(=O)NCc1ccc(Cl)cc1)c(=O)n2CC(=O)N1CC(C)(C)C1. The van der Waals surface area contributed by atoms with Crippen LogP contribution in [0, 0.1) is 10.8 Å². The Balaban J connectivity index is 0.000000219. The zero-order chi connectivity index (χ0) is 81.9. The summed E-state index contributed by atoms with van der Waals surface area (Å²) in [4.78, 5) is 151. The van der Waals surface area contributed by atoms with E-state index in [0.29, 0.717) is 103 Å². The number of nitrogens with zero attached hydrogens (tertiary/aromatic N) is 7. The van der Waals surface area contributed by atoms with E-state index in [4.69, 9.17) is 71.1 Å². The van der Waals surface area contributed by atoms with Gasteiger partial charge in [0.25, 0.3) is 22.9 Å². The first-order chi connectivity index (χ1) is 52.5. The maximum atomic E-state index is 13.3. The van der Waals surface area contributed by atoms with Crippen molar-refractivity contribution >= 4 is 150 Å². The highest BCUT2D eigenvalue weighted by molar-refractivity contribution is 9.09. The lowest BCUT2D eigenvalue weighted by atomic mass is 9.84. The molecule has 2 aliphatic heterocycles. The van der Waals surface area contributed by atoms with Gasteiger partial charge in [-0.25, -0.2) is 24.7 Å². The fraction of sp³-hybridized carbons (Fsp3) is 0.312. The van der Waals surface area contributed by atoms with Crippen LogP contribution in [0.4, 0.5) is 16.4 Å². The zero-order valence-electron chi connectivity index (χ0n) is 62.6. The Bertz CT molecular complexity index is 4910. The Morgan fingerprint density at radius 2 is 1.04 bits per heavy atom. The number of esters is 1. The summed E-state index contributed by atoms with van der Waals surface area (Å²) in [6, 6.07) is 30.5. The van der Waals surface area contributed by atoms with Crippen molar-refractivity contribution in [3.05, 3.63) is 214 Å². The maximum absolute atomic E-state index is 13.3. The molecule has 9 aromatic rings. The molecule has 588 valence electrons. The van der Waals surface area contributed by atoms with Gasteiger partial charge in [-0.3, -0.25) is 57.8 Å². The van der Waals surface area contributed by atoms with Crippen molar-refractivity contribution in [3.63, 3.8) is 0 Å². The van der Waals surface area contributed by atoms with E-state index in [1.54, 1.807) is 117 Å². The highest BCUT2D eigenvalue weighted by Gasteiger charge is 2.38. The Kier molecular flexibility index (Phi) is 33.3. The van der Waals surface area contributed by atoms with E-state index in [0.717, 1.165) is 29.8 Å². The van der Waals surface area contributed by atoms with Crippen LogP contribution in [0.25, 0.3) is 22.1 Å². The van der Waals surface area contributed by atoms with E-state index in [1.165, 1.54) is 76.0 Å². The molecule has 0 aliphatic carbocycles. The molecule has 34 heteroatoms. The number of carbonyl (C=O) groups excluding carboxylic acids is 9. The molecule has 0 spiro atoms. The van der Waals surface area contributed by atoms with Gasteiger partial charge in [0.15, 0.2) is 12.6 Å². The molecule has 2 aliphatic rings. The van der Waals surface area contributed by atoms with E-state index in [1.807, 2.05) is 4.90 Å². The van der Waals surface area contributed by atoms with Crippen LogP contribution in [0.5, 0.6) is 17.2 Å². The second-order valence-corrected chi connectivity index (χ2v) is 29.2.